The van der Waals surface area contributed by atoms with Crippen molar-refractivity contribution in [3.8, 4) is 0 Å². The summed E-state index contributed by atoms with van der Waals surface area (Å²) in [5.74, 6) is 0. The summed E-state index contributed by atoms with van der Waals surface area (Å²) in [6.45, 7) is 3.20. The van der Waals surface area contributed by atoms with Crippen molar-refractivity contribution in [3.63, 3.8) is 0 Å². The second kappa shape index (κ2) is 6.50. The summed E-state index contributed by atoms with van der Waals surface area (Å²) in [6.07, 6.45) is 6.06. The molecule has 4 aromatic rings. The van der Waals surface area contributed by atoms with Crippen LogP contribution in [0.5, 0.6) is 0 Å². The van der Waals surface area contributed by atoms with Crippen LogP contribution in [0.1, 0.15) is 18.4 Å². The standard InChI is InChI=1S/C21H22N4O/c1-2-19(23-18-4-5-20-17(11-18)12-22-24-20)14-25(8-1)13-15-3-6-21-16(10-15)7-9-26-21/h3-7,9-12,19,23H,1-2,8,13-14H2,(H,22,24)/t19-/m0/s1. The average Bonchev–Trinajstić information content (AvgIpc) is 3.30. The number of nitrogens with one attached hydrogen (secondary N) is 2. The van der Waals surface area contributed by atoms with Crippen molar-refractivity contribution in [2.75, 3.05) is 18.4 Å². The molecule has 2 N–H and O–H groups in total. The van der Waals surface area contributed by atoms with Gasteiger partial charge in [0.25, 0.3) is 0 Å². The zero-order chi connectivity index (χ0) is 17.3. The minimum atomic E-state index is 0.478. The Morgan fingerprint density at radius 2 is 2.15 bits per heavy atom. The second-order valence-electron chi connectivity index (χ2n) is 7.18. The Hall–Kier alpha value is -2.79. The van der Waals surface area contributed by atoms with E-state index >= 15 is 0 Å². The van der Waals surface area contributed by atoms with E-state index in [2.05, 4.69) is 56.8 Å². The van der Waals surface area contributed by atoms with E-state index < -0.39 is 0 Å². The van der Waals surface area contributed by atoms with Crippen LogP contribution in [0.4, 0.5) is 5.69 Å². The fourth-order valence-corrected chi connectivity index (χ4v) is 3.96. The molecule has 26 heavy (non-hydrogen) atoms. The molecule has 5 heteroatoms. The first-order chi connectivity index (χ1) is 12.8. The molecule has 1 atom stereocenters. The van der Waals surface area contributed by atoms with E-state index in [1.54, 1.807) is 6.26 Å². The third kappa shape index (κ3) is 3.06. The van der Waals surface area contributed by atoms with E-state index in [0.717, 1.165) is 36.1 Å². The molecule has 1 saturated heterocycles. The summed E-state index contributed by atoms with van der Waals surface area (Å²) in [6, 6.07) is 15.4. The number of hydrogen-bond acceptors (Lipinski definition) is 4. The van der Waals surface area contributed by atoms with Crippen LogP contribution in [0.25, 0.3) is 21.9 Å². The van der Waals surface area contributed by atoms with E-state index in [1.807, 2.05) is 12.3 Å². The average molecular weight is 346 g/mol. The lowest BCUT2D eigenvalue weighted by Crippen LogP contribution is -2.41. The van der Waals surface area contributed by atoms with Crippen LogP contribution in [0, 0.1) is 0 Å². The number of aromatic nitrogens is 2. The zero-order valence-electron chi connectivity index (χ0n) is 14.6. The topological polar surface area (TPSA) is 57.1 Å². The molecule has 2 aromatic carbocycles. The Morgan fingerprint density at radius 1 is 1.15 bits per heavy atom. The summed E-state index contributed by atoms with van der Waals surface area (Å²) in [5.41, 5.74) is 4.56. The summed E-state index contributed by atoms with van der Waals surface area (Å²) < 4.78 is 5.44. The molecule has 2 aromatic heterocycles. The van der Waals surface area contributed by atoms with Gasteiger partial charge >= 0.3 is 0 Å². The van der Waals surface area contributed by atoms with Crippen LogP contribution in [-0.4, -0.2) is 34.2 Å². The lowest BCUT2D eigenvalue weighted by atomic mass is 10.0. The number of benzene rings is 2. The third-order valence-electron chi connectivity index (χ3n) is 5.24. The van der Waals surface area contributed by atoms with Crippen LogP contribution in [-0.2, 0) is 6.54 Å². The highest BCUT2D eigenvalue weighted by atomic mass is 16.3. The van der Waals surface area contributed by atoms with E-state index in [9.17, 15) is 0 Å². The Bertz CT molecular complexity index is 953. The van der Waals surface area contributed by atoms with Crippen LogP contribution in [0.15, 0.2) is 59.3 Å². The van der Waals surface area contributed by atoms with Crippen molar-refractivity contribution in [3.05, 3.63) is 60.5 Å². The second-order valence-corrected chi connectivity index (χ2v) is 7.18. The molecule has 5 nitrogen and oxygen atoms in total. The summed E-state index contributed by atoms with van der Waals surface area (Å²) >= 11 is 0. The molecule has 0 aliphatic carbocycles. The molecule has 0 radical (unpaired) electrons. The molecule has 0 amide bonds. The maximum Gasteiger partial charge on any atom is 0.133 e. The van der Waals surface area contributed by atoms with Gasteiger partial charge in [0.1, 0.15) is 5.58 Å². The first kappa shape index (κ1) is 15.5. The minimum Gasteiger partial charge on any atom is -0.464 e. The monoisotopic (exact) mass is 346 g/mol. The number of fused-ring (bicyclic) bond motifs is 2. The zero-order valence-corrected chi connectivity index (χ0v) is 14.6. The predicted octanol–water partition coefficient (Wildman–Crippen LogP) is 4.39. The lowest BCUT2D eigenvalue weighted by molar-refractivity contribution is 0.208. The number of hydrogen-bond donors (Lipinski definition) is 2. The predicted molar refractivity (Wildman–Crippen MR) is 104 cm³/mol. The highest BCUT2D eigenvalue weighted by Gasteiger charge is 2.20. The van der Waals surface area contributed by atoms with Gasteiger partial charge in [0.05, 0.1) is 18.0 Å². The van der Waals surface area contributed by atoms with Crippen LogP contribution < -0.4 is 5.32 Å². The molecule has 0 saturated carbocycles. The Morgan fingerprint density at radius 3 is 3.15 bits per heavy atom. The summed E-state index contributed by atoms with van der Waals surface area (Å²) in [7, 11) is 0. The molecular formula is C21H22N4O. The molecule has 3 heterocycles. The van der Waals surface area contributed by atoms with Gasteiger partial charge in [-0.15, -0.1) is 0 Å². The van der Waals surface area contributed by atoms with Crippen LogP contribution >= 0.6 is 0 Å². The van der Waals surface area contributed by atoms with Gasteiger partial charge < -0.3 is 9.73 Å². The number of aromatic amines is 1. The van der Waals surface area contributed by atoms with Crippen molar-refractivity contribution in [2.45, 2.75) is 25.4 Å². The van der Waals surface area contributed by atoms with Crippen LogP contribution in [0.2, 0.25) is 0 Å². The molecule has 0 unspecified atom stereocenters. The number of piperidine rings is 1. The van der Waals surface area contributed by atoms with Gasteiger partial charge in [0.2, 0.25) is 0 Å². The number of rotatable bonds is 4. The molecule has 0 spiro atoms. The van der Waals surface area contributed by atoms with Gasteiger partial charge in [-0.3, -0.25) is 10.00 Å². The fourth-order valence-electron chi connectivity index (χ4n) is 3.96. The van der Waals surface area contributed by atoms with Crippen LogP contribution in [0.3, 0.4) is 0 Å². The van der Waals surface area contributed by atoms with E-state index in [-0.39, 0.29) is 0 Å². The number of anilines is 1. The molecule has 132 valence electrons. The molecule has 1 aliphatic heterocycles. The Kier molecular flexibility index (Phi) is 3.87. The van der Waals surface area contributed by atoms with Gasteiger partial charge in [-0.2, -0.15) is 5.10 Å². The quantitative estimate of drug-likeness (QED) is 0.575. The highest BCUT2D eigenvalue weighted by molar-refractivity contribution is 5.81. The van der Waals surface area contributed by atoms with Crippen molar-refractivity contribution >= 4 is 27.6 Å². The maximum atomic E-state index is 5.44. The van der Waals surface area contributed by atoms with E-state index in [0.29, 0.717) is 6.04 Å². The third-order valence-corrected chi connectivity index (χ3v) is 5.24. The van der Waals surface area contributed by atoms with Gasteiger partial charge in [-0.1, -0.05) is 6.07 Å². The maximum absolute atomic E-state index is 5.44. The SMILES string of the molecule is c1cc2cc(CN3CCC[C@H](Nc4ccc5[nH]ncc5c4)C3)ccc2o1. The molecule has 5 rings (SSSR count). The molecule has 0 bridgehead atoms. The van der Waals surface area contributed by atoms with Gasteiger partial charge in [-0.25, -0.2) is 0 Å². The van der Waals surface area contributed by atoms with Crippen molar-refractivity contribution in [1.82, 2.24) is 15.1 Å². The lowest BCUT2D eigenvalue weighted by Gasteiger charge is -2.33. The van der Waals surface area contributed by atoms with E-state index in [4.69, 9.17) is 4.42 Å². The van der Waals surface area contributed by atoms with Gasteiger partial charge in [0.15, 0.2) is 0 Å². The highest BCUT2D eigenvalue weighted by Crippen LogP contribution is 2.22. The first-order valence-electron chi connectivity index (χ1n) is 9.22. The fraction of sp³-hybridized carbons (Fsp3) is 0.286. The Labute approximate surface area is 152 Å². The Balaban J connectivity index is 1.26. The minimum absolute atomic E-state index is 0.478. The normalized spacial score (nSPS) is 18.5. The smallest absolute Gasteiger partial charge is 0.133 e. The van der Waals surface area contributed by atoms with Gasteiger partial charge in [0, 0.05) is 35.6 Å². The molecule has 1 aliphatic rings. The van der Waals surface area contributed by atoms with Crippen molar-refractivity contribution in [1.29, 1.82) is 0 Å². The number of likely N-dealkylation sites (tertiary alicyclic amines) is 1. The summed E-state index contributed by atoms with van der Waals surface area (Å²) in [5, 5.41) is 13.1. The molecular weight excluding hydrogens is 324 g/mol. The van der Waals surface area contributed by atoms with Gasteiger partial charge in [-0.05, 0) is 61.3 Å². The van der Waals surface area contributed by atoms with Crippen molar-refractivity contribution in [2.24, 2.45) is 0 Å². The molecule has 1 fully saturated rings. The first-order valence-corrected chi connectivity index (χ1v) is 9.22. The van der Waals surface area contributed by atoms with Crippen molar-refractivity contribution < 1.29 is 4.42 Å². The number of furan rings is 1. The summed E-state index contributed by atoms with van der Waals surface area (Å²) in [4.78, 5) is 2.54. The number of nitrogens with zero attached hydrogens (tertiary/aromatic N) is 2. The largest absolute Gasteiger partial charge is 0.464 e. The number of H-pyrrole nitrogens is 1. The van der Waals surface area contributed by atoms with E-state index in [1.165, 1.54) is 29.5 Å².